The predicted octanol–water partition coefficient (Wildman–Crippen LogP) is 3.33. The molecule has 2 heterocycles. The van der Waals surface area contributed by atoms with E-state index in [4.69, 9.17) is 0 Å². The number of likely N-dealkylation sites (tertiary alicyclic amines) is 1. The highest BCUT2D eigenvalue weighted by molar-refractivity contribution is 5.83. The normalized spacial score (nSPS) is 17.9. The van der Waals surface area contributed by atoms with Gasteiger partial charge in [-0.2, -0.15) is 13.2 Å². The van der Waals surface area contributed by atoms with Crippen molar-refractivity contribution in [2.75, 3.05) is 26.2 Å². The summed E-state index contributed by atoms with van der Waals surface area (Å²) in [6, 6.07) is 8.53. The Balaban J connectivity index is 1.42. The second-order valence-corrected chi connectivity index (χ2v) is 6.23. The zero-order valence-electron chi connectivity index (χ0n) is 13.0. The Hall–Kier alpha value is -1.53. The number of benzene rings is 1. The first-order chi connectivity index (χ1) is 11.0. The quantitative estimate of drug-likeness (QED) is 0.883. The fourth-order valence-corrected chi connectivity index (χ4v) is 3.30. The van der Waals surface area contributed by atoms with Crippen LogP contribution in [0.4, 0.5) is 13.2 Å². The van der Waals surface area contributed by atoms with Gasteiger partial charge in [0.2, 0.25) is 0 Å². The Morgan fingerprint density at radius 1 is 1.17 bits per heavy atom. The number of aromatic nitrogens is 1. The van der Waals surface area contributed by atoms with Gasteiger partial charge in [-0.3, -0.25) is 4.90 Å². The summed E-state index contributed by atoms with van der Waals surface area (Å²) in [5.41, 5.74) is 2.42. The molecule has 6 heteroatoms. The molecule has 1 fully saturated rings. The van der Waals surface area contributed by atoms with E-state index < -0.39 is 12.7 Å². The Morgan fingerprint density at radius 3 is 2.65 bits per heavy atom. The van der Waals surface area contributed by atoms with Gasteiger partial charge in [0.25, 0.3) is 0 Å². The molecule has 0 spiro atoms. The fraction of sp³-hybridized carbons (Fsp3) is 0.529. The third-order valence-electron chi connectivity index (χ3n) is 4.49. The van der Waals surface area contributed by atoms with Crippen LogP contribution in [0.5, 0.6) is 0 Å². The molecule has 126 valence electrons. The number of para-hydroxylation sites is 1. The van der Waals surface area contributed by atoms with Crippen LogP contribution in [0, 0.1) is 0 Å². The first kappa shape index (κ1) is 16.3. The summed E-state index contributed by atoms with van der Waals surface area (Å²) in [4.78, 5) is 4.76. The van der Waals surface area contributed by atoms with Crippen LogP contribution < -0.4 is 5.32 Å². The molecule has 0 aliphatic carbocycles. The van der Waals surface area contributed by atoms with Crippen LogP contribution in [0.15, 0.2) is 30.5 Å². The summed E-state index contributed by atoms with van der Waals surface area (Å²) in [5.74, 6) is 0. The molecule has 3 rings (SSSR count). The third-order valence-corrected chi connectivity index (χ3v) is 4.49. The van der Waals surface area contributed by atoms with Gasteiger partial charge in [0.1, 0.15) is 0 Å². The number of aromatic amines is 1. The van der Waals surface area contributed by atoms with E-state index in [0.29, 0.717) is 19.1 Å². The van der Waals surface area contributed by atoms with Crippen LogP contribution in [-0.4, -0.2) is 48.3 Å². The summed E-state index contributed by atoms with van der Waals surface area (Å²) in [6.07, 6.45) is 0.439. The Labute approximate surface area is 133 Å². The van der Waals surface area contributed by atoms with Crippen molar-refractivity contribution < 1.29 is 13.2 Å². The lowest BCUT2D eigenvalue weighted by atomic mass is 10.0. The highest BCUT2D eigenvalue weighted by atomic mass is 19.4. The molecule has 0 radical (unpaired) electrons. The molecule has 0 unspecified atom stereocenters. The van der Waals surface area contributed by atoms with Crippen molar-refractivity contribution in [3.63, 3.8) is 0 Å². The average molecular weight is 325 g/mol. The van der Waals surface area contributed by atoms with Gasteiger partial charge in [-0.25, -0.2) is 0 Å². The lowest BCUT2D eigenvalue weighted by Crippen LogP contribution is -2.45. The standard InChI is InChI=1S/C17H22F3N3/c18-17(19,20)12-23-9-6-14(7-10-23)21-8-5-13-11-22-16-4-2-1-3-15(13)16/h1-4,11,14,21-22H,5-10,12H2. The van der Waals surface area contributed by atoms with E-state index in [1.807, 2.05) is 18.3 Å². The predicted molar refractivity (Wildman–Crippen MR) is 85.5 cm³/mol. The smallest absolute Gasteiger partial charge is 0.361 e. The van der Waals surface area contributed by atoms with Crippen molar-refractivity contribution in [3.8, 4) is 0 Å². The van der Waals surface area contributed by atoms with Gasteiger partial charge >= 0.3 is 6.18 Å². The van der Waals surface area contributed by atoms with Crippen molar-refractivity contribution in [1.82, 2.24) is 15.2 Å². The van der Waals surface area contributed by atoms with E-state index >= 15 is 0 Å². The maximum atomic E-state index is 12.4. The SMILES string of the molecule is FC(F)(F)CN1CCC(NCCc2c[nH]c3ccccc23)CC1. The monoisotopic (exact) mass is 325 g/mol. The second kappa shape index (κ2) is 6.93. The molecule has 0 saturated carbocycles. The van der Waals surface area contributed by atoms with Crippen LogP contribution in [0.3, 0.4) is 0 Å². The molecule has 2 aromatic rings. The van der Waals surface area contributed by atoms with Gasteiger partial charge in [0, 0.05) is 23.1 Å². The van der Waals surface area contributed by atoms with Gasteiger partial charge in [-0.15, -0.1) is 0 Å². The third kappa shape index (κ3) is 4.48. The summed E-state index contributed by atoms with van der Waals surface area (Å²) in [6.45, 7) is 1.11. The molecule has 23 heavy (non-hydrogen) atoms. The number of fused-ring (bicyclic) bond motifs is 1. The number of hydrogen-bond acceptors (Lipinski definition) is 2. The van der Waals surface area contributed by atoms with Crippen LogP contribution in [0.25, 0.3) is 10.9 Å². The number of rotatable bonds is 5. The summed E-state index contributed by atoms with van der Waals surface area (Å²) in [7, 11) is 0. The number of piperidine rings is 1. The molecule has 1 aliphatic heterocycles. The zero-order chi connectivity index (χ0) is 16.3. The van der Waals surface area contributed by atoms with Gasteiger partial charge in [0.15, 0.2) is 0 Å². The highest BCUT2D eigenvalue weighted by Crippen LogP contribution is 2.20. The minimum Gasteiger partial charge on any atom is -0.361 e. The number of H-pyrrole nitrogens is 1. The van der Waals surface area contributed by atoms with Crippen molar-refractivity contribution in [3.05, 3.63) is 36.0 Å². The van der Waals surface area contributed by atoms with Gasteiger partial charge in [-0.1, -0.05) is 18.2 Å². The summed E-state index contributed by atoms with van der Waals surface area (Å²) < 4.78 is 37.1. The van der Waals surface area contributed by atoms with Crippen molar-refractivity contribution in [2.45, 2.75) is 31.5 Å². The largest absolute Gasteiger partial charge is 0.401 e. The van der Waals surface area contributed by atoms with Crippen molar-refractivity contribution >= 4 is 10.9 Å². The fourth-order valence-electron chi connectivity index (χ4n) is 3.30. The van der Waals surface area contributed by atoms with E-state index in [1.165, 1.54) is 15.8 Å². The molecule has 1 aliphatic rings. The van der Waals surface area contributed by atoms with E-state index in [2.05, 4.69) is 22.4 Å². The maximum absolute atomic E-state index is 12.4. The molecular weight excluding hydrogens is 303 g/mol. The topological polar surface area (TPSA) is 31.1 Å². The molecule has 3 nitrogen and oxygen atoms in total. The number of hydrogen-bond donors (Lipinski definition) is 2. The van der Waals surface area contributed by atoms with Crippen LogP contribution in [0.1, 0.15) is 18.4 Å². The molecule has 0 amide bonds. The van der Waals surface area contributed by atoms with E-state index in [1.54, 1.807) is 0 Å². The summed E-state index contributed by atoms with van der Waals surface area (Å²) in [5, 5.41) is 4.73. The van der Waals surface area contributed by atoms with Gasteiger partial charge < -0.3 is 10.3 Å². The molecule has 2 N–H and O–H groups in total. The minimum atomic E-state index is -4.09. The number of nitrogens with one attached hydrogen (secondary N) is 2. The van der Waals surface area contributed by atoms with E-state index in [0.717, 1.165) is 31.3 Å². The van der Waals surface area contributed by atoms with Crippen molar-refractivity contribution in [2.24, 2.45) is 0 Å². The molecule has 0 atom stereocenters. The van der Waals surface area contributed by atoms with Crippen molar-refractivity contribution in [1.29, 1.82) is 0 Å². The number of halogens is 3. The minimum absolute atomic E-state index is 0.324. The number of nitrogens with zero attached hydrogens (tertiary/aromatic N) is 1. The van der Waals surface area contributed by atoms with Crippen LogP contribution >= 0.6 is 0 Å². The average Bonchev–Trinajstić information content (AvgIpc) is 2.91. The Kier molecular flexibility index (Phi) is 4.92. The zero-order valence-corrected chi connectivity index (χ0v) is 13.0. The second-order valence-electron chi connectivity index (χ2n) is 6.23. The molecule has 1 aromatic carbocycles. The lowest BCUT2D eigenvalue weighted by Gasteiger charge is -2.32. The molecule has 1 saturated heterocycles. The summed E-state index contributed by atoms with van der Waals surface area (Å²) >= 11 is 0. The van der Waals surface area contributed by atoms with E-state index in [9.17, 15) is 13.2 Å². The van der Waals surface area contributed by atoms with E-state index in [-0.39, 0.29) is 0 Å². The van der Waals surface area contributed by atoms with Gasteiger partial charge in [-0.05, 0) is 50.5 Å². The lowest BCUT2D eigenvalue weighted by molar-refractivity contribution is -0.148. The van der Waals surface area contributed by atoms with Gasteiger partial charge in [0.05, 0.1) is 6.54 Å². The first-order valence-corrected chi connectivity index (χ1v) is 8.09. The Morgan fingerprint density at radius 2 is 1.91 bits per heavy atom. The van der Waals surface area contributed by atoms with Crippen LogP contribution in [-0.2, 0) is 6.42 Å². The molecule has 0 bridgehead atoms. The molecular formula is C17H22F3N3. The van der Waals surface area contributed by atoms with Crippen LogP contribution in [0.2, 0.25) is 0 Å². The Bertz CT molecular complexity index is 627. The maximum Gasteiger partial charge on any atom is 0.401 e. The highest BCUT2D eigenvalue weighted by Gasteiger charge is 2.32. The molecule has 1 aromatic heterocycles. The first-order valence-electron chi connectivity index (χ1n) is 8.09. The number of alkyl halides is 3.